The molecule has 0 fully saturated rings. The van der Waals surface area contributed by atoms with E-state index in [1.807, 2.05) is 5.51 Å². The molecule has 1 atom stereocenters. The van der Waals surface area contributed by atoms with E-state index >= 15 is 0 Å². The molecule has 1 aromatic carbocycles. The highest BCUT2D eigenvalue weighted by Gasteiger charge is 2.07. The molecule has 96 valence electrons. The molecule has 2 rings (SSSR count). The predicted molar refractivity (Wildman–Crippen MR) is 79.0 cm³/mol. The first-order valence-electron chi connectivity index (χ1n) is 6.46. The minimum atomic E-state index is 0.418. The summed E-state index contributed by atoms with van der Waals surface area (Å²) in [5.41, 5.74) is 5.63. The van der Waals surface area contributed by atoms with Crippen LogP contribution in [0.4, 0.5) is 0 Å². The Bertz CT molecular complexity index is 487. The van der Waals surface area contributed by atoms with Gasteiger partial charge in [0.25, 0.3) is 0 Å². The van der Waals surface area contributed by atoms with E-state index in [1.165, 1.54) is 22.4 Å². The molecule has 0 aliphatic rings. The summed E-state index contributed by atoms with van der Waals surface area (Å²) in [4.78, 5) is 5.57. The Balaban J connectivity index is 2.13. The van der Waals surface area contributed by atoms with Gasteiger partial charge in [-0.2, -0.15) is 0 Å². The van der Waals surface area contributed by atoms with Gasteiger partial charge in [0.1, 0.15) is 0 Å². The molecule has 0 aliphatic carbocycles. The summed E-state index contributed by atoms with van der Waals surface area (Å²) in [5.74, 6) is 0. The number of aromatic nitrogens is 1. The molecule has 1 aromatic heterocycles. The third kappa shape index (κ3) is 2.98. The second-order valence-corrected chi connectivity index (χ2v) is 5.42. The fourth-order valence-electron chi connectivity index (χ4n) is 1.98. The van der Waals surface area contributed by atoms with Gasteiger partial charge in [0, 0.05) is 6.04 Å². The molecule has 0 aliphatic heterocycles. The summed E-state index contributed by atoms with van der Waals surface area (Å²) in [6.45, 7) is 7.53. The predicted octanol–water partition coefficient (Wildman–Crippen LogP) is 4.18. The Morgan fingerprint density at radius 1 is 1.28 bits per heavy atom. The number of nitrogens with one attached hydrogen (secondary N) is 1. The molecule has 0 amide bonds. The van der Waals surface area contributed by atoms with Crippen molar-refractivity contribution in [2.45, 2.75) is 33.2 Å². The smallest absolute Gasteiger partial charge is 0.0801 e. The number of nitrogens with zero attached hydrogens (tertiary/aromatic N) is 1. The third-order valence-electron chi connectivity index (χ3n) is 3.12. The molecular weight excluding hydrogens is 240 g/mol. The van der Waals surface area contributed by atoms with Gasteiger partial charge in [-0.05, 0) is 37.9 Å². The van der Waals surface area contributed by atoms with Crippen LogP contribution in [0.5, 0.6) is 0 Å². The molecule has 18 heavy (non-hydrogen) atoms. The fourth-order valence-corrected chi connectivity index (χ4v) is 2.79. The number of benzene rings is 1. The van der Waals surface area contributed by atoms with Crippen molar-refractivity contribution in [1.82, 2.24) is 10.3 Å². The Hall–Kier alpha value is -1.19. The molecule has 0 spiro atoms. The average molecular weight is 260 g/mol. The lowest BCUT2D eigenvalue weighted by Gasteiger charge is -2.13. The summed E-state index contributed by atoms with van der Waals surface area (Å²) >= 11 is 1.70. The fraction of sp³-hybridized carbons (Fsp3) is 0.400. The highest BCUT2D eigenvalue weighted by molar-refractivity contribution is 7.13. The molecule has 0 bridgehead atoms. The molecule has 1 heterocycles. The highest BCUT2D eigenvalue weighted by Crippen LogP contribution is 2.28. The van der Waals surface area contributed by atoms with E-state index in [9.17, 15) is 0 Å². The van der Waals surface area contributed by atoms with Crippen molar-refractivity contribution in [3.63, 3.8) is 0 Å². The van der Waals surface area contributed by atoms with Gasteiger partial charge in [0.05, 0.1) is 16.1 Å². The normalized spacial score (nSPS) is 12.6. The van der Waals surface area contributed by atoms with Crippen LogP contribution in [0.3, 0.4) is 0 Å². The van der Waals surface area contributed by atoms with Crippen LogP contribution in [0.15, 0.2) is 29.8 Å². The van der Waals surface area contributed by atoms with E-state index in [1.54, 1.807) is 11.3 Å². The van der Waals surface area contributed by atoms with Crippen LogP contribution in [-0.2, 0) is 0 Å². The molecule has 2 nitrogen and oxygen atoms in total. The standard InChI is InChI=1S/C15H20N2S/c1-4-9-16-11(2)13-5-7-14(8-6-13)15-12(3)17-10-18-15/h5-8,10-11,16H,4,9H2,1-3H3/t11-/m0/s1. The van der Waals surface area contributed by atoms with Gasteiger partial charge >= 0.3 is 0 Å². The Morgan fingerprint density at radius 3 is 2.56 bits per heavy atom. The van der Waals surface area contributed by atoms with Gasteiger partial charge in [-0.1, -0.05) is 31.2 Å². The molecule has 0 unspecified atom stereocenters. The SMILES string of the molecule is CCCN[C@@H](C)c1ccc(-c2scnc2C)cc1. The Labute approximate surface area is 113 Å². The zero-order chi connectivity index (χ0) is 13.0. The number of thiazole rings is 1. The first-order valence-corrected chi connectivity index (χ1v) is 7.34. The maximum atomic E-state index is 4.30. The lowest BCUT2D eigenvalue weighted by molar-refractivity contribution is 0.571. The molecule has 0 saturated carbocycles. The van der Waals surface area contributed by atoms with E-state index in [0.717, 1.165) is 12.2 Å². The lowest BCUT2D eigenvalue weighted by Crippen LogP contribution is -2.19. The first kappa shape index (κ1) is 13.2. The second kappa shape index (κ2) is 6.12. The van der Waals surface area contributed by atoms with Gasteiger partial charge in [0.2, 0.25) is 0 Å². The van der Waals surface area contributed by atoms with Crippen molar-refractivity contribution in [3.8, 4) is 10.4 Å². The largest absolute Gasteiger partial charge is 0.310 e. The van der Waals surface area contributed by atoms with Crippen molar-refractivity contribution in [1.29, 1.82) is 0 Å². The Kier molecular flexibility index (Phi) is 4.50. The van der Waals surface area contributed by atoms with Crippen molar-refractivity contribution in [2.24, 2.45) is 0 Å². The molecule has 0 saturated heterocycles. The van der Waals surface area contributed by atoms with E-state index in [0.29, 0.717) is 6.04 Å². The zero-order valence-electron chi connectivity index (χ0n) is 11.2. The third-order valence-corrected chi connectivity index (χ3v) is 4.10. The summed E-state index contributed by atoms with van der Waals surface area (Å²) in [6, 6.07) is 9.23. The van der Waals surface area contributed by atoms with Crippen molar-refractivity contribution < 1.29 is 0 Å². The summed E-state index contributed by atoms with van der Waals surface area (Å²) < 4.78 is 0. The van der Waals surface area contributed by atoms with Gasteiger partial charge in [0.15, 0.2) is 0 Å². The number of aryl methyl sites for hydroxylation is 1. The van der Waals surface area contributed by atoms with Crippen molar-refractivity contribution >= 4 is 11.3 Å². The molecular formula is C15H20N2S. The van der Waals surface area contributed by atoms with Crippen molar-refractivity contribution in [2.75, 3.05) is 6.54 Å². The van der Waals surface area contributed by atoms with Crippen LogP contribution in [0.25, 0.3) is 10.4 Å². The maximum Gasteiger partial charge on any atom is 0.0801 e. The second-order valence-electron chi connectivity index (χ2n) is 4.56. The summed E-state index contributed by atoms with van der Waals surface area (Å²) in [7, 11) is 0. The van der Waals surface area contributed by atoms with Crippen LogP contribution in [0, 0.1) is 6.92 Å². The molecule has 1 N–H and O–H groups in total. The molecule has 0 radical (unpaired) electrons. The van der Waals surface area contributed by atoms with Crippen LogP contribution in [0.2, 0.25) is 0 Å². The minimum Gasteiger partial charge on any atom is -0.310 e. The monoisotopic (exact) mass is 260 g/mol. The number of hydrogen-bond donors (Lipinski definition) is 1. The summed E-state index contributed by atoms with van der Waals surface area (Å²) in [6.07, 6.45) is 1.17. The van der Waals surface area contributed by atoms with Crippen LogP contribution in [-0.4, -0.2) is 11.5 Å². The highest BCUT2D eigenvalue weighted by atomic mass is 32.1. The van der Waals surface area contributed by atoms with Crippen LogP contribution in [0.1, 0.15) is 37.6 Å². The van der Waals surface area contributed by atoms with Gasteiger partial charge < -0.3 is 5.32 Å². The maximum absolute atomic E-state index is 4.30. The number of rotatable bonds is 5. The topological polar surface area (TPSA) is 24.9 Å². The Morgan fingerprint density at radius 2 is 2.00 bits per heavy atom. The van der Waals surface area contributed by atoms with Gasteiger partial charge in [-0.15, -0.1) is 11.3 Å². The lowest BCUT2D eigenvalue weighted by atomic mass is 10.0. The van der Waals surface area contributed by atoms with Crippen LogP contribution < -0.4 is 5.32 Å². The van der Waals surface area contributed by atoms with Crippen molar-refractivity contribution in [3.05, 3.63) is 41.0 Å². The van der Waals surface area contributed by atoms with E-state index in [2.05, 4.69) is 55.3 Å². The first-order chi connectivity index (χ1) is 8.72. The average Bonchev–Trinajstić information content (AvgIpc) is 2.82. The minimum absolute atomic E-state index is 0.418. The van der Waals surface area contributed by atoms with E-state index in [4.69, 9.17) is 0 Å². The van der Waals surface area contributed by atoms with E-state index < -0.39 is 0 Å². The summed E-state index contributed by atoms with van der Waals surface area (Å²) in [5, 5.41) is 3.50. The van der Waals surface area contributed by atoms with E-state index in [-0.39, 0.29) is 0 Å². The van der Waals surface area contributed by atoms with Gasteiger partial charge in [-0.25, -0.2) is 4.98 Å². The van der Waals surface area contributed by atoms with Crippen LogP contribution >= 0.6 is 11.3 Å². The van der Waals surface area contributed by atoms with Gasteiger partial charge in [-0.3, -0.25) is 0 Å². The molecule has 3 heteroatoms. The number of hydrogen-bond acceptors (Lipinski definition) is 3. The zero-order valence-corrected chi connectivity index (χ0v) is 12.1. The quantitative estimate of drug-likeness (QED) is 0.872. The molecule has 2 aromatic rings.